The SMILES string of the molecule is CCCCCc1ccccc1NC(=O)C(F)(F)F. The highest BCUT2D eigenvalue weighted by atomic mass is 19.4. The number of amides is 1. The molecule has 5 heteroatoms. The summed E-state index contributed by atoms with van der Waals surface area (Å²) < 4.78 is 36.5. The van der Waals surface area contributed by atoms with Crippen LogP contribution in [-0.4, -0.2) is 12.1 Å². The van der Waals surface area contributed by atoms with Crippen LogP contribution in [0.2, 0.25) is 0 Å². The van der Waals surface area contributed by atoms with Gasteiger partial charge < -0.3 is 5.32 Å². The van der Waals surface area contributed by atoms with E-state index in [1.54, 1.807) is 18.2 Å². The maximum absolute atomic E-state index is 12.2. The average molecular weight is 259 g/mol. The van der Waals surface area contributed by atoms with E-state index < -0.39 is 12.1 Å². The Bertz CT molecular complexity index is 401. The number of nitrogens with one attached hydrogen (secondary N) is 1. The lowest BCUT2D eigenvalue weighted by Gasteiger charge is -2.12. The van der Waals surface area contributed by atoms with Gasteiger partial charge >= 0.3 is 12.1 Å². The molecule has 0 spiro atoms. The van der Waals surface area contributed by atoms with Crippen molar-refractivity contribution >= 4 is 11.6 Å². The minimum absolute atomic E-state index is 0.246. The second-order valence-corrected chi connectivity index (χ2v) is 4.07. The van der Waals surface area contributed by atoms with Crippen LogP contribution in [0.25, 0.3) is 0 Å². The van der Waals surface area contributed by atoms with Crippen molar-refractivity contribution in [2.45, 2.75) is 38.8 Å². The highest BCUT2D eigenvalue weighted by molar-refractivity contribution is 5.95. The van der Waals surface area contributed by atoms with E-state index in [1.807, 2.05) is 5.32 Å². The van der Waals surface area contributed by atoms with Gasteiger partial charge in [0.05, 0.1) is 0 Å². The molecule has 0 aliphatic carbocycles. The molecule has 0 atom stereocenters. The van der Waals surface area contributed by atoms with Gasteiger partial charge in [0.25, 0.3) is 0 Å². The van der Waals surface area contributed by atoms with E-state index in [9.17, 15) is 18.0 Å². The van der Waals surface area contributed by atoms with Crippen molar-refractivity contribution in [2.24, 2.45) is 0 Å². The lowest BCUT2D eigenvalue weighted by molar-refractivity contribution is -0.167. The number of halogens is 3. The summed E-state index contributed by atoms with van der Waals surface area (Å²) in [6, 6.07) is 6.59. The summed E-state index contributed by atoms with van der Waals surface area (Å²) in [5, 5.41) is 1.91. The molecule has 0 saturated heterocycles. The Labute approximate surface area is 104 Å². The Morgan fingerprint density at radius 3 is 2.50 bits per heavy atom. The van der Waals surface area contributed by atoms with Crippen molar-refractivity contribution in [3.05, 3.63) is 29.8 Å². The zero-order valence-electron chi connectivity index (χ0n) is 10.2. The zero-order valence-corrected chi connectivity index (χ0v) is 10.2. The quantitative estimate of drug-likeness (QED) is 0.798. The maximum atomic E-state index is 12.2. The standard InChI is InChI=1S/C13H16F3NO/c1-2-3-4-7-10-8-5-6-9-11(10)17-12(18)13(14,15)16/h5-6,8-9H,2-4,7H2,1H3,(H,17,18). The van der Waals surface area contributed by atoms with Gasteiger partial charge in [0, 0.05) is 5.69 Å². The molecule has 0 radical (unpaired) electrons. The molecular formula is C13H16F3NO. The monoisotopic (exact) mass is 259 g/mol. The summed E-state index contributed by atoms with van der Waals surface area (Å²) >= 11 is 0. The molecule has 1 aromatic rings. The fourth-order valence-electron chi connectivity index (χ4n) is 1.62. The van der Waals surface area contributed by atoms with Crippen LogP contribution >= 0.6 is 0 Å². The molecule has 0 aliphatic rings. The van der Waals surface area contributed by atoms with Crippen LogP contribution in [0.5, 0.6) is 0 Å². The molecule has 0 unspecified atom stereocenters. The number of aryl methyl sites for hydroxylation is 1. The third-order valence-corrected chi connectivity index (χ3v) is 2.57. The molecule has 1 aromatic carbocycles. The summed E-state index contributed by atoms with van der Waals surface area (Å²) in [4.78, 5) is 10.9. The number of rotatable bonds is 5. The van der Waals surface area contributed by atoms with E-state index in [2.05, 4.69) is 6.92 Å². The first kappa shape index (κ1) is 14.5. The molecule has 2 nitrogen and oxygen atoms in total. The van der Waals surface area contributed by atoms with Crippen LogP contribution in [0.15, 0.2) is 24.3 Å². The number of para-hydroxylation sites is 1. The van der Waals surface area contributed by atoms with Crippen molar-refractivity contribution in [3.63, 3.8) is 0 Å². The topological polar surface area (TPSA) is 29.1 Å². The first-order valence-electron chi connectivity index (χ1n) is 5.91. The fourth-order valence-corrected chi connectivity index (χ4v) is 1.62. The van der Waals surface area contributed by atoms with Gasteiger partial charge in [0.2, 0.25) is 0 Å². The highest BCUT2D eigenvalue weighted by Gasteiger charge is 2.38. The molecule has 0 aliphatic heterocycles. The minimum atomic E-state index is -4.85. The number of carbonyl (C=O) groups is 1. The number of alkyl halides is 3. The van der Waals surface area contributed by atoms with Gasteiger partial charge in [-0.1, -0.05) is 38.0 Å². The van der Waals surface area contributed by atoms with Crippen LogP contribution in [0, 0.1) is 0 Å². The van der Waals surface area contributed by atoms with E-state index in [0.29, 0.717) is 6.42 Å². The Hall–Kier alpha value is -1.52. The maximum Gasteiger partial charge on any atom is 0.471 e. The second-order valence-electron chi connectivity index (χ2n) is 4.07. The van der Waals surface area contributed by atoms with Gasteiger partial charge in [0.1, 0.15) is 0 Å². The van der Waals surface area contributed by atoms with Gasteiger partial charge in [-0.25, -0.2) is 0 Å². The number of hydrogen-bond donors (Lipinski definition) is 1. The molecule has 0 heterocycles. The Balaban J connectivity index is 2.73. The molecule has 1 rings (SSSR count). The number of anilines is 1. The third-order valence-electron chi connectivity index (χ3n) is 2.57. The predicted octanol–water partition coefficient (Wildman–Crippen LogP) is 3.92. The fraction of sp³-hybridized carbons (Fsp3) is 0.462. The van der Waals surface area contributed by atoms with Crippen LogP contribution in [0.1, 0.15) is 31.7 Å². The Morgan fingerprint density at radius 2 is 1.89 bits per heavy atom. The number of hydrogen-bond acceptors (Lipinski definition) is 1. The van der Waals surface area contributed by atoms with Crippen LogP contribution < -0.4 is 5.32 Å². The van der Waals surface area contributed by atoms with Crippen molar-refractivity contribution in [2.75, 3.05) is 5.32 Å². The van der Waals surface area contributed by atoms with Gasteiger partial charge in [-0.2, -0.15) is 13.2 Å². The van der Waals surface area contributed by atoms with Gasteiger partial charge in [0.15, 0.2) is 0 Å². The summed E-state index contributed by atoms with van der Waals surface area (Å²) in [6.45, 7) is 2.05. The van der Waals surface area contributed by atoms with Gasteiger partial charge in [-0.05, 0) is 24.5 Å². The molecule has 1 amide bonds. The first-order valence-corrected chi connectivity index (χ1v) is 5.91. The number of unbranched alkanes of at least 4 members (excludes halogenated alkanes) is 2. The van der Waals surface area contributed by atoms with E-state index in [0.717, 1.165) is 24.8 Å². The van der Waals surface area contributed by atoms with Crippen LogP contribution in [0.3, 0.4) is 0 Å². The van der Waals surface area contributed by atoms with Crippen molar-refractivity contribution < 1.29 is 18.0 Å². The smallest absolute Gasteiger partial charge is 0.318 e. The minimum Gasteiger partial charge on any atom is -0.318 e. The normalized spacial score (nSPS) is 11.3. The Kier molecular flexibility index (Phi) is 5.19. The lowest BCUT2D eigenvalue weighted by Crippen LogP contribution is -2.30. The third kappa shape index (κ3) is 4.39. The van der Waals surface area contributed by atoms with Crippen LogP contribution in [-0.2, 0) is 11.2 Å². The predicted molar refractivity (Wildman–Crippen MR) is 64.4 cm³/mol. The Morgan fingerprint density at radius 1 is 1.22 bits per heavy atom. The van der Waals surface area contributed by atoms with Crippen molar-refractivity contribution in [1.82, 2.24) is 0 Å². The molecule has 0 fully saturated rings. The van der Waals surface area contributed by atoms with E-state index in [1.165, 1.54) is 6.07 Å². The largest absolute Gasteiger partial charge is 0.471 e. The van der Waals surface area contributed by atoms with Gasteiger partial charge in [-0.15, -0.1) is 0 Å². The molecule has 18 heavy (non-hydrogen) atoms. The molecule has 0 bridgehead atoms. The molecule has 0 saturated carbocycles. The lowest BCUT2D eigenvalue weighted by atomic mass is 10.1. The van der Waals surface area contributed by atoms with Crippen molar-refractivity contribution in [3.8, 4) is 0 Å². The highest BCUT2D eigenvalue weighted by Crippen LogP contribution is 2.22. The van der Waals surface area contributed by atoms with E-state index >= 15 is 0 Å². The molecule has 0 aromatic heterocycles. The van der Waals surface area contributed by atoms with Crippen molar-refractivity contribution in [1.29, 1.82) is 0 Å². The number of carbonyl (C=O) groups excluding carboxylic acids is 1. The molecule has 1 N–H and O–H groups in total. The van der Waals surface area contributed by atoms with E-state index in [4.69, 9.17) is 0 Å². The van der Waals surface area contributed by atoms with Crippen LogP contribution in [0.4, 0.5) is 18.9 Å². The average Bonchev–Trinajstić information content (AvgIpc) is 2.30. The second kappa shape index (κ2) is 6.42. The first-order chi connectivity index (χ1) is 8.45. The summed E-state index contributed by atoms with van der Waals surface area (Å²) in [5.41, 5.74) is 0.986. The zero-order chi connectivity index (χ0) is 13.6. The molecular weight excluding hydrogens is 243 g/mol. The molecule has 100 valence electrons. The summed E-state index contributed by atoms with van der Waals surface area (Å²) in [7, 11) is 0. The van der Waals surface area contributed by atoms with Gasteiger partial charge in [-0.3, -0.25) is 4.79 Å². The summed E-state index contributed by atoms with van der Waals surface area (Å²) in [6.07, 6.45) is -1.23. The van der Waals surface area contributed by atoms with E-state index in [-0.39, 0.29) is 5.69 Å². The number of benzene rings is 1. The summed E-state index contributed by atoms with van der Waals surface area (Å²) in [5.74, 6) is -1.93.